The maximum atomic E-state index is 5.76. The predicted molar refractivity (Wildman–Crippen MR) is 114 cm³/mol. The van der Waals surface area contributed by atoms with E-state index >= 15 is 0 Å². The van der Waals surface area contributed by atoms with Gasteiger partial charge in [0.15, 0.2) is 5.96 Å². The summed E-state index contributed by atoms with van der Waals surface area (Å²) in [6.45, 7) is 9.09. The Bertz CT molecular complexity index is 505. The molecule has 0 bridgehead atoms. The van der Waals surface area contributed by atoms with Crippen LogP contribution < -0.4 is 10.6 Å². The van der Waals surface area contributed by atoms with E-state index in [9.17, 15) is 0 Å². The molecule has 1 aromatic carbocycles. The first-order chi connectivity index (χ1) is 11.8. The molecule has 1 aliphatic rings. The summed E-state index contributed by atoms with van der Waals surface area (Å²) in [7, 11) is 0. The van der Waals surface area contributed by atoms with Crippen LogP contribution in [0.15, 0.2) is 29.3 Å². The zero-order valence-electron chi connectivity index (χ0n) is 15.4. The number of ether oxygens (including phenoxy) is 2. The van der Waals surface area contributed by atoms with Crippen LogP contribution in [0.1, 0.15) is 30.9 Å². The van der Waals surface area contributed by atoms with Gasteiger partial charge in [0, 0.05) is 32.8 Å². The fourth-order valence-corrected chi connectivity index (χ4v) is 2.70. The van der Waals surface area contributed by atoms with E-state index in [2.05, 4.69) is 53.7 Å². The number of guanidine groups is 1. The molecule has 2 N–H and O–H groups in total. The highest BCUT2D eigenvalue weighted by Crippen LogP contribution is 2.08. The van der Waals surface area contributed by atoms with Crippen LogP contribution in [0.25, 0.3) is 0 Å². The van der Waals surface area contributed by atoms with Crippen molar-refractivity contribution in [2.75, 3.05) is 39.5 Å². The third-order valence-corrected chi connectivity index (χ3v) is 4.11. The van der Waals surface area contributed by atoms with Gasteiger partial charge in [-0.25, -0.2) is 0 Å². The third kappa shape index (κ3) is 8.87. The minimum atomic E-state index is 0. The van der Waals surface area contributed by atoms with Crippen molar-refractivity contribution >= 4 is 29.9 Å². The maximum Gasteiger partial charge on any atom is 0.191 e. The van der Waals surface area contributed by atoms with E-state index in [0.29, 0.717) is 0 Å². The number of nitrogens with one attached hydrogen (secondary N) is 2. The Labute approximate surface area is 169 Å². The smallest absolute Gasteiger partial charge is 0.191 e. The van der Waals surface area contributed by atoms with Crippen LogP contribution in [-0.4, -0.2) is 51.5 Å². The van der Waals surface area contributed by atoms with E-state index in [4.69, 9.17) is 9.47 Å². The highest BCUT2D eigenvalue weighted by molar-refractivity contribution is 14.0. The molecule has 1 fully saturated rings. The maximum absolute atomic E-state index is 5.76. The van der Waals surface area contributed by atoms with E-state index in [1.165, 1.54) is 11.1 Å². The molecule has 1 atom stereocenters. The summed E-state index contributed by atoms with van der Waals surface area (Å²) in [6, 6.07) is 8.52. The van der Waals surface area contributed by atoms with Gasteiger partial charge in [-0.05, 0) is 44.2 Å². The number of halogens is 1. The van der Waals surface area contributed by atoms with Crippen LogP contribution >= 0.6 is 24.0 Å². The van der Waals surface area contributed by atoms with Crippen molar-refractivity contribution in [1.82, 2.24) is 10.6 Å². The summed E-state index contributed by atoms with van der Waals surface area (Å²) in [4.78, 5) is 4.61. The van der Waals surface area contributed by atoms with Crippen molar-refractivity contribution in [2.24, 2.45) is 4.99 Å². The van der Waals surface area contributed by atoms with Gasteiger partial charge in [0.25, 0.3) is 0 Å². The Morgan fingerprint density at radius 2 is 2.16 bits per heavy atom. The van der Waals surface area contributed by atoms with Crippen molar-refractivity contribution in [3.8, 4) is 0 Å². The van der Waals surface area contributed by atoms with Crippen molar-refractivity contribution in [2.45, 2.75) is 39.2 Å². The van der Waals surface area contributed by atoms with Gasteiger partial charge in [-0.15, -0.1) is 24.0 Å². The first-order valence-electron chi connectivity index (χ1n) is 9.05. The molecule has 1 saturated heterocycles. The van der Waals surface area contributed by atoms with Gasteiger partial charge in [0.2, 0.25) is 0 Å². The zero-order chi connectivity index (χ0) is 17.0. The second-order valence-electron chi connectivity index (χ2n) is 6.07. The van der Waals surface area contributed by atoms with Crippen molar-refractivity contribution in [3.05, 3.63) is 35.4 Å². The number of rotatable bonds is 9. The summed E-state index contributed by atoms with van der Waals surface area (Å²) in [6.07, 6.45) is 3.24. The molecule has 142 valence electrons. The zero-order valence-corrected chi connectivity index (χ0v) is 17.8. The van der Waals surface area contributed by atoms with Gasteiger partial charge < -0.3 is 20.1 Å². The Morgan fingerprint density at radius 3 is 2.88 bits per heavy atom. The third-order valence-electron chi connectivity index (χ3n) is 4.11. The number of hydrogen-bond acceptors (Lipinski definition) is 3. The van der Waals surface area contributed by atoms with Gasteiger partial charge >= 0.3 is 0 Å². The molecule has 0 aliphatic carbocycles. The van der Waals surface area contributed by atoms with Crippen LogP contribution in [0, 0.1) is 6.92 Å². The number of aliphatic imine (C=N–C) groups is 1. The first kappa shape index (κ1) is 22.2. The van der Waals surface area contributed by atoms with Crippen molar-refractivity contribution in [3.63, 3.8) is 0 Å². The van der Waals surface area contributed by atoms with Crippen LogP contribution in [0.3, 0.4) is 0 Å². The quantitative estimate of drug-likeness (QED) is 0.257. The number of hydrogen-bond donors (Lipinski definition) is 2. The lowest BCUT2D eigenvalue weighted by atomic mass is 10.1. The van der Waals surface area contributed by atoms with Crippen LogP contribution in [0.5, 0.6) is 0 Å². The lowest BCUT2D eigenvalue weighted by Crippen LogP contribution is -2.38. The number of nitrogens with zero attached hydrogens (tertiary/aromatic N) is 1. The molecule has 0 spiro atoms. The highest BCUT2D eigenvalue weighted by atomic mass is 127. The topological polar surface area (TPSA) is 54.9 Å². The first-order valence-corrected chi connectivity index (χ1v) is 9.05. The molecular formula is C19H32IN3O2. The summed E-state index contributed by atoms with van der Waals surface area (Å²) < 4.78 is 11.1. The van der Waals surface area contributed by atoms with Crippen LogP contribution in [0.2, 0.25) is 0 Å². The molecule has 6 heteroatoms. The van der Waals surface area contributed by atoms with Gasteiger partial charge in [-0.1, -0.05) is 24.3 Å². The molecule has 1 aliphatic heterocycles. The minimum absolute atomic E-state index is 0. The largest absolute Gasteiger partial charge is 0.379 e. The van der Waals surface area contributed by atoms with E-state index in [1.54, 1.807) is 0 Å². The second kappa shape index (κ2) is 13.4. The van der Waals surface area contributed by atoms with E-state index in [0.717, 1.165) is 64.7 Å². The fraction of sp³-hybridized carbons (Fsp3) is 0.632. The minimum Gasteiger partial charge on any atom is -0.379 e. The van der Waals surface area contributed by atoms with Gasteiger partial charge in [0.05, 0.1) is 12.7 Å². The molecule has 25 heavy (non-hydrogen) atoms. The summed E-state index contributed by atoms with van der Waals surface area (Å²) >= 11 is 0. The lowest BCUT2D eigenvalue weighted by molar-refractivity contribution is 0.0424. The molecule has 1 aromatic rings. The van der Waals surface area contributed by atoms with E-state index < -0.39 is 0 Å². The van der Waals surface area contributed by atoms with Crippen molar-refractivity contribution < 1.29 is 9.47 Å². The van der Waals surface area contributed by atoms with E-state index in [1.807, 2.05) is 0 Å². The van der Waals surface area contributed by atoms with Crippen LogP contribution in [-0.2, 0) is 15.9 Å². The monoisotopic (exact) mass is 461 g/mol. The average molecular weight is 461 g/mol. The SMILES string of the molecule is CCNC(=NCCCOC1CCOC1)NCCc1ccccc1C.I. The Hall–Kier alpha value is -0.860. The Morgan fingerprint density at radius 1 is 1.32 bits per heavy atom. The normalized spacial score (nSPS) is 17.2. The Balaban J connectivity index is 0.00000312. The number of aryl methyl sites for hydroxylation is 1. The molecule has 0 aromatic heterocycles. The molecule has 0 amide bonds. The molecular weight excluding hydrogens is 429 g/mol. The van der Waals surface area contributed by atoms with Crippen LogP contribution in [0.4, 0.5) is 0 Å². The molecule has 0 saturated carbocycles. The average Bonchev–Trinajstić information content (AvgIpc) is 3.09. The van der Waals surface area contributed by atoms with Gasteiger partial charge in [0.1, 0.15) is 0 Å². The highest BCUT2D eigenvalue weighted by Gasteiger charge is 2.15. The second-order valence-corrected chi connectivity index (χ2v) is 6.07. The summed E-state index contributed by atoms with van der Waals surface area (Å²) in [5, 5.41) is 6.70. The molecule has 1 unspecified atom stereocenters. The van der Waals surface area contributed by atoms with Gasteiger partial charge in [-0.2, -0.15) is 0 Å². The fourth-order valence-electron chi connectivity index (χ4n) is 2.70. The standard InChI is InChI=1S/C19H31N3O2.HI/c1-3-20-19(21-11-6-13-24-18-10-14-23-15-18)22-12-9-17-8-5-4-7-16(17)2;/h4-5,7-8,18H,3,6,9-15H2,1-2H3,(H2,20,21,22);1H. The molecule has 5 nitrogen and oxygen atoms in total. The predicted octanol–water partition coefficient (Wildman–Crippen LogP) is 2.91. The Kier molecular flexibility index (Phi) is 11.9. The van der Waals surface area contributed by atoms with Crippen molar-refractivity contribution in [1.29, 1.82) is 0 Å². The molecule has 2 rings (SSSR count). The molecule has 0 radical (unpaired) electrons. The van der Waals surface area contributed by atoms with Gasteiger partial charge in [-0.3, -0.25) is 4.99 Å². The van der Waals surface area contributed by atoms with E-state index in [-0.39, 0.29) is 30.1 Å². The lowest BCUT2D eigenvalue weighted by Gasteiger charge is -2.12. The summed E-state index contributed by atoms with van der Waals surface area (Å²) in [5.74, 6) is 0.885. The summed E-state index contributed by atoms with van der Waals surface area (Å²) in [5.41, 5.74) is 2.72. The molecule has 1 heterocycles. The number of benzene rings is 1.